The number of nitrogens with zero attached hydrogens (tertiary/aromatic N) is 5. The normalized spacial score (nSPS) is 10.5. The number of amides is 1. The molecule has 0 fully saturated rings. The van der Waals surface area contributed by atoms with Crippen LogP contribution >= 0.6 is 15.9 Å². The summed E-state index contributed by atoms with van der Waals surface area (Å²) in [6.45, 7) is 0.519. The van der Waals surface area contributed by atoms with Crippen molar-refractivity contribution in [1.29, 1.82) is 0 Å². The zero-order valence-electron chi connectivity index (χ0n) is 13.5. The van der Waals surface area contributed by atoms with Gasteiger partial charge in [0.25, 0.3) is 5.91 Å². The van der Waals surface area contributed by atoms with Gasteiger partial charge in [0.2, 0.25) is 0 Å². The van der Waals surface area contributed by atoms with E-state index in [-0.39, 0.29) is 12.5 Å². The molecule has 0 saturated heterocycles. The first-order valence-electron chi connectivity index (χ1n) is 7.56. The van der Waals surface area contributed by atoms with E-state index in [2.05, 4.69) is 31.5 Å². The molecule has 0 aliphatic rings. The fourth-order valence-corrected chi connectivity index (χ4v) is 2.45. The quantitative estimate of drug-likeness (QED) is 0.634. The van der Waals surface area contributed by atoms with Gasteiger partial charge in [0.1, 0.15) is 12.1 Å². The van der Waals surface area contributed by atoms with Gasteiger partial charge in [-0.05, 0) is 52.4 Å². The maximum atomic E-state index is 12.2. The van der Waals surface area contributed by atoms with Gasteiger partial charge in [-0.15, -0.1) is 5.10 Å². The Balaban J connectivity index is 1.52. The predicted molar refractivity (Wildman–Crippen MR) is 95.3 cm³/mol. The van der Waals surface area contributed by atoms with Crippen LogP contribution in [0.1, 0.15) is 5.56 Å². The lowest BCUT2D eigenvalue weighted by Crippen LogP contribution is -2.30. The first-order valence-corrected chi connectivity index (χ1v) is 8.36. The molecule has 0 spiro atoms. The maximum Gasteiger partial charge on any atom is 0.260 e. The average molecular weight is 402 g/mol. The summed E-state index contributed by atoms with van der Waals surface area (Å²) in [5.41, 5.74) is 1.88. The second-order valence-electron chi connectivity index (χ2n) is 5.41. The Morgan fingerprint density at radius 3 is 2.52 bits per heavy atom. The van der Waals surface area contributed by atoms with Crippen molar-refractivity contribution in [2.75, 3.05) is 13.7 Å². The molecule has 1 aromatic heterocycles. The van der Waals surface area contributed by atoms with Gasteiger partial charge >= 0.3 is 0 Å². The zero-order valence-corrected chi connectivity index (χ0v) is 15.1. The Morgan fingerprint density at radius 2 is 1.88 bits per heavy atom. The van der Waals surface area contributed by atoms with Crippen LogP contribution in [0.5, 0.6) is 5.75 Å². The highest BCUT2D eigenvalue weighted by atomic mass is 79.9. The summed E-state index contributed by atoms with van der Waals surface area (Å²) in [7, 11) is 1.76. The van der Waals surface area contributed by atoms with Crippen molar-refractivity contribution < 1.29 is 9.53 Å². The molecule has 0 unspecified atom stereocenters. The van der Waals surface area contributed by atoms with Crippen molar-refractivity contribution in [2.24, 2.45) is 0 Å². The third-order valence-corrected chi connectivity index (χ3v) is 4.10. The van der Waals surface area contributed by atoms with Crippen LogP contribution in [0.3, 0.4) is 0 Å². The summed E-state index contributed by atoms with van der Waals surface area (Å²) < 4.78 is 8.11. The van der Waals surface area contributed by atoms with Crippen LogP contribution in [0.25, 0.3) is 5.69 Å². The molecule has 0 atom stereocenters. The Kier molecular flexibility index (Phi) is 5.39. The van der Waals surface area contributed by atoms with Gasteiger partial charge in [-0.3, -0.25) is 4.79 Å². The Bertz CT molecular complexity index is 819. The molecule has 1 heterocycles. The number of likely N-dealkylation sites (N-methyl/N-ethyl adjacent to an activating group) is 1. The topological polar surface area (TPSA) is 73.1 Å². The molecule has 0 aliphatic carbocycles. The number of carbonyl (C=O) groups is 1. The zero-order chi connectivity index (χ0) is 17.6. The number of aromatic nitrogens is 4. The van der Waals surface area contributed by atoms with Crippen molar-refractivity contribution in [3.8, 4) is 11.4 Å². The molecule has 2 aromatic carbocycles. The van der Waals surface area contributed by atoms with E-state index in [1.54, 1.807) is 28.8 Å². The molecular formula is C17H16BrN5O2. The van der Waals surface area contributed by atoms with Gasteiger partial charge in [-0.2, -0.15) is 0 Å². The van der Waals surface area contributed by atoms with Crippen molar-refractivity contribution in [2.45, 2.75) is 6.54 Å². The maximum absolute atomic E-state index is 12.2. The van der Waals surface area contributed by atoms with E-state index in [0.29, 0.717) is 12.3 Å². The lowest BCUT2D eigenvalue weighted by atomic mass is 10.2. The highest BCUT2D eigenvalue weighted by Gasteiger charge is 2.10. The van der Waals surface area contributed by atoms with E-state index in [9.17, 15) is 4.79 Å². The highest BCUT2D eigenvalue weighted by molar-refractivity contribution is 9.10. The Labute approximate surface area is 153 Å². The molecule has 3 aromatic rings. The summed E-state index contributed by atoms with van der Waals surface area (Å²) >= 11 is 3.40. The number of rotatable bonds is 6. The number of carbonyl (C=O) groups excluding carboxylic acids is 1. The smallest absolute Gasteiger partial charge is 0.260 e. The van der Waals surface area contributed by atoms with Crippen LogP contribution in [0.15, 0.2) is 59.3 Å². The van der Waals surface area contributed by atoms with Crippen molar-refractivity contribution >= 4 is 21.8 Å². The van der Waals surface area contributed by atoms with Gasteiger partial charge in [-0.25, -0.2) is 4.68 Å². The summed E-state index contributed by atoms with van der Waals surface area (Å²) in [5.74, 6) is 0.523. The minimum absolute atomic E-state index is 0.0166. The summed E-state index contributed by atoms with van der Waals surface area (Å²) in [6, 6.07) is 15.1. The first-order chi connectivity index (χ1) is 12.1. The summed E-state index contributed by atoms with van der Waals surface area (Å²) in [6.07, 6.45) is 1.51. The number of benzene rings is 2. The van der Waals surface area contributed by atoms with Crippen LogP contribution in [0.2, 0.25) is 0 Å². The van der Waals surface area contributed by atoms with Gasteiger partial charge in [-0.1, -0.05) is 28.1 Å². The molecule has 0 bridgehead atoms. The summed E-state index contributed by atoms with van der Waals surface area (Å²) in [5, 5.41) is 11.0. The Morgan fingerprint density at radius 1 is 1.16 bits per heavy atom. The molecule has 3 rings (SSSR count). The summed E-state index contributed by atoms with van der Waals surface area (Å²) in [4.78, 5) is 13.8. The number of hydrogen-bond acceptors (Lipinski definition) is 5. The molecule has 0 N–H and O–H groups in total. The lowest BCUT2D eigenvalue weighted by molar-refractivity contribution is -0.132. The van der Waals surface area contributed by atoms with Gasteiger partial charge in [0.15, 0.2) is 6.61 Å². The number of tetrazole rings is 1. The van der Waals surface area contributed by atoms with Crippen molar-refractivity contribution in [3.05, 3.63) is 64.9 Å². The standard InChI is InChI=1S/C17H16BrN5O2/c1-22(10-13-2-4-14(18)5-3-13)17(24)11-25-16-8-6-15(7-9-16)23-12-19-20-21-23/h2-9,12H,10-11H2,1H3. The minimum atomic E-state index is -0.0903. The van der Waals surface area contributed by atoms with Crippen LogP contribution in [0.4, 0.5) is 0 Å². The fraction of sp³-hybridized carbons (Fsp3) is 0.176. The number of ether oxygens (including phenoxy) is 1. The third kappa shape index (κ3) is 4.63. The molecule has 1 amide bonds. The highest BCUT2D eigenvalue weighted by Crippen LogP contribution is 2.15. The lowest BCUT2D eigenvalue weighted by Gasteiger charge is -2.17. The number of halogens is 1. The van der Waals surface area contributed by atoms with Gasteiger partial charge in [0, 0.05) is 18.1 Å². The van der Waals surface area contributed by atoms with E-state index in [1.165, 1.54) is 6.33 Å². The molecule has 0 radical (unpaired) electrons. The van der Waals surface area contributed by atoms with E-state index >= 15 is 0 Å². The van der Waals surface area contributed by atoms with Crippen LogP contribution < -0.4 is 4.74 Å². The van der Waals surface area contributed by atoms with Crippen LogP contribution in [0, 0.1) is 0 Å². The van der Waals surface area contributed by atoms with E-state index < -0.39 is 0 Å². The van der Waals surface area contributed by atoms with Crippen LogP contribution in [-0.2, 0) is 11.3 Å². The largest absolute Gasteiger partial charge is 0.484 e. The predicted octanol–water partition coefficient (Wildman–Crippen LogP) is 2.46. The first kappa shape index (κ1) is 17.1. The molecule has 7 nitrogen and oxygen atoms in total. The van der Waals surface area contributed by atoms with Crippen LogP contribution in [-0.4, -0.2) is 44.7 Å². The molecule has 128 valence electrons. The van der Waals surface area contributed by atoms with Gasteiger partial charge < -0.3 is 9.64 Å². The molecule has 8 heteroatoms. The minimum Gasteiger partial charge on any atom is -0.484 e. The SMILES string of the molecule is CN(Cc1ccc(Br)cc1)C(=O)COc1ccc(-n2cnnn2)cc1. The molecular weight excluding hydrogens is 386 g/mol. The van der Waals surface area contributed by atoms with Gasteiger partial charge in [0.05, 0.1) is 5.69 Å². The second kappa shape index (κ2) is 7.89. The monoisotopic (exact) mass is 401 g/mol. The molecule has 0 aliphatic heterocycles. The fourth-order valence-electron chi connectivity index (χ4n) is 2.18. The van der Waals surface area contributed by atoms with E-state index in [0.717, 1.165) is 15.7 Å². The average Bonchev–Trinajstić information content (AvgIpc) is 3.16. The second-order valence-corrected chi connectivity index (χ2v) is 6.33. The van der Waals surface area contributed by atoms with E-state index in [1.807, 2.05) is 36.4 Å². The molecule has 0 saturated carbocycles. The molecule has 25 heavy (non-hydrogen) atoms. The van der Waals surface area contributed by atoms with Crippen molar-refractivity contribution in [3.63, 3.8) is 0 Å². The third-order valence-electron chi connectivity index (χ3n) is 3.57. The Hall–Kier alpha value is -2.74. The number of hydrogen-bond donors (Lipinski definition) is 0. The van der Waals surface area contributed by atoms with E-state index in [4.69, 9.17) is 4.74 Å². The van der Waals surface area contributed by atoms with Crippen molar-refractivity contribution in [1.82, 2.24) is 25.1 Å².